The van der Waals surface area contributed by atoms with E-state index >= 15 is 0 Å². The first-order valence-electron chi connectivity index (χ1n) is 10.8. The molecule has 3 aromatic rings. The van der Waals surface area contributed by atoms with Gasteiger partial charge in [0.25, 0.3) is 0 Å². The number of hydrogen-bond acceptors (Lipinski definition) is 6. The predicted molar refractivity (Wildman–Crippen MR) is 117 cm³/mol. The number of carbonyl (C=O) groups is 1. The van der Waals surface area contributed by atoms with Crippen LogP contribution in [0, 0.1) is 6.92 Å². The van der Waals surface area contributed by atoms with Crippen LogP contribution < -0.4 is 4.90 Å². The quantitative estimate of drug-likeness (QED) is 0.650. The summed E-state index contributed by atoms with van der Waals surface area (Å²) >= 11 is 0. The van der Waals surface area contributed by atoms with Crippen molar-refractivity contribution in [1.82, 2.24) is 24.3 Å². The molecule has 3 fully saturated rings. The van der Waals surface area contributed by atoms with Crippen molar-refractivity contribution < 1.29 is 9.53 Å². The number of hydrogen-bond donors (Lipinski definition) is 0. The minimum absolute atomic E-state index is 0.0719. The van der Waals surface area contributed by atoms with Crippen LogP contribution in [0.2, 0.25) is 0 Å². The molecule has 1 unspecified atom stereocenters. The average Bonchev–Trinajstić information content (AvgIpc) is 3.21. The van der Waals surface area contributed by atoms with Crippen LogP contribution >= 0.6 is 0 Å². The Labute approximate surface area is 181 Å². The number of aromatic nitrogens is 3. The van der Waals surface area contributed by atoms with Gasteiger partial charge in [-0.3, -0.25) is 9.80 Å². The van der Waals surface area contributed by atoms with E-state index in [2.05, 4.69) is 61.7 Å². The zero-order chi connectivity index (χ0) is 21.2. The summed E-state index contributed by atoms with van der Waals surface area (Å²) in [5.41, 5.74) is 2.09. The Morgan fingerprint density at radius 3 is 2.84 bits per heavy atom. The van der Waals surface area contributed by atoms with Crippen molar-refractivity contribution in [3.8, 4) is 0 Å². The van der Waals surface area contributed by atoms with Crippen LogP contribution in [0.1, 0.15) is 11.5 Å². The number of anilines is 1. The van der Waals surface area contributed by atoms with Crippen LogP contribution in [0.15, 0.2) is 42.6 Å². The molecule has 3 aliphatic heterocycles. The van der Waals surface area contributed by atoms with E-state index in [0.29, 0.717) is 19.6 Å². The highest BCUT2D eigenvalue weighted by atomic mass is 16.6. The Balaban J connectivity index is 1.20. The van der Waals surface area contributed by atoms with Gasteiger partial charge in [0.05, 0.1) is 19.1 Å². The zero-order valence-electron chi connectivity index (χ0n) is 17.9. The molecular weight excluding hydrogens is 392 g/mol. The van der Waals surface area contributed by atoms with Gasteiger partial charge < -0.3 is 14.2 Å². The number of aryl methyl sites for hydroxylation is 2. The Hall–Kier alpha value is -3.13. The molecule has 2 aromatic heterocycles. The second kappa shape index (κ2) is 6.68. The fourth-order valence-electron chi connectivity index (χ4n) is 5.34. The number of ether oxygens (including phenoxy) is 1. The highest BCUT2D eigenvalue weighted by Gasteiger charge is 2.62. The maximum Gasteiger partial charge on any atom is 0.411 e. The smallest absolute Gasteiger partial charge is 0.411 e. The lowest BCUT2D eigenvalue weighted by atomic mass is 9.84. The molecule has 1 atom stereocenters. The van der Waals surface area contributed by atoms with E-state index in [1.54, 1.807) is 6.20 Å². The van der Waals surface area contributed by atoms with Gasteiger partial charge in [-0.05, 0) is 30.5 Å². The van der Waals surface area contributed by atoms with Gasteiger partial charge in [-0.1, -0.05) is 18.2 Å². The molecule has 3 aliphatic rings. The van der Waals surface area contributed by atoms with E-state index in [-0.39, 0.29) is 12.1 Å². The van der Waals surface area contributed by atoms with Crippen LogP contribution in [-0.4, -0.2) is 74.8 Å². The number of piperazine rings is 1. The Bertz CT molecular complexity index is 1170. The Morgan fingerprint density at radius 1 is 1.19 bits per heavy atom. The van der Waals surface area contributed by atoms with E-state index in [9.17, 15) is 4.79 Å². The van der Waals surface area contributed by atoms with Crippen molar-refractivity contribution >= 4 is 22.8 Å². The summed E-state index contributed by atoms with van der Waals surface area (Å²) in [7, 11) is 2.13. The van der Waals surface area contributed by atoms with Crippen molar-refractivity contribution in [2.75, 3.05) is 37.6 Å². The predicted octanol–water partition coefficient (Wildman–Crippen LogP) is 2.17. The van der Waals surface area contributed by atoms with E-state index < -0.39 is 5.60 Å². The van der Waals surface area contributed by atoms with E-state index in [0.717, 1.165) is 31.3 Å². The van der Waals surface area contributed by atoms with Crippen LogP contribution in [-0.2, 0) is 18.3 Å². The lowest BCUT2D eigenvalue weighted by Gasteiger charge is -2.51. The van der Waals surface area contributed by atoms with Gasteiger partial charge >= 0.3 is 6.09 Å². The Morgan fingerprint density at radius 2 is 2.03 bits per heavy atom. The Kier molecular flexibility index (Phi) is 4.02. The van der Waals surface area contributed by atoms with Crippen molar-refractivity contribution in [3.63, 3.8) is 0 Å². The molecule has 1 amide bonds. The zero-order valence-corrected chi connectivity index (χ0v) is 17.9. The molecule has 5 heterocycles. The first-order valence-corrected chi connectivity index (χ1v) is 10.8. The third-order valence-electron chi connectivity index (χ3n) is 7.04. The highest BCUT2D eigenvalue weighted by Crippen LogP contribution is 2.41. The third-order valence-corrected chi connectivity index (χ3v) is 7.04. The lowest BCUT2D eigenvalue weighted by Crippen LogP contribution is -2.71. The van der Waals surface area contributed by atoms with E-state index in [1.807, 2.05) is 17.9 Å². The number of rotatable bonds is 3. The number of benzene rings is 1. The first-order chi connectivity index (χ1) is 15.0. The molecular formula is C23H26N6O2. The molecule has 0 N–H and O–H groups in total. The summed E-state index contributed by atoms with van der Waals surface area (Å²) < 4.78 is 8.23. The maximum atomic E-state index is 12.6. The van der Waals surface area contributed by atoms with Gasteiger partial charge in [0.1, 0.15) is 11.6 Å². The fraction of sp³-hybridized carbons (Fsp3) is 0.435. The minimum Gasteiger partial charge on any atom is -0.437 e. The summed E-state index contributed by atoms with van der Waals surface area (Å²) in [6.07, 6.45) is 1.61. The summed E-state index contributed by atoms with van der Waals surface area (Å²) in [4.78, 5) is 27.9. The molecule has 0 aliphatic carbocycles. The maximum absolute atomic E-state index is 12.6. The number of para-hydroxylation sites is 1. The van der Waals surface area contributed by atoms with Gasteiger partial charge in [-0.2, -0.15) is 0 Å². The molecule has 1 aromatic carbocycles. The average molecular weight is 419 g/mol. The lowest BCUT2D eigenvalue weighted by molar-refractivity contribution is -0.0102. The molecule has 160 valence electrons. The van der Waals surface area contributed by atoms with Crippen LogP contribution in [0.4, 0.5) is 10.6 Å². The second-order valence-electron chi connectivity index (χ2n) is 8.95. The van der Waals surface area contributed by atoms with Crippen LogP contribution in [0.5, 0.6) is 0 Å². The summed E-state index contributed by atoms with van der Waals surface area (Å²) in [6, 6.07) is 12.7. The monoisotopic (exact) mass is 418 g/mol. The van der Waals surface area contributed by atoms with Gasteiger partial charge in [-0.15, -0.1) is 0 Å². The van der Waals surface area contributed by atoms with Crippen molar-refractivity contribution in [1.29, 1.82) is 0 Å². The van der Waals surface area contributed by atoms with E-state index in [1.165, 1.54) is 16.6 Å². The van der Waals surface area contributed by atoms with Gasteiger partial charge in [0.2, 0.25) is 0 Å². The van der Waals surface area contributed by atoms with Gasteiger partial charge in [0.15, 0.2) is 5.60 Å². The number of amides is 1. The van der Waals surface area contributed by atoms with Crippen molar-refractivity contribution in [3.05, 3.63) is 54.1 Å². The number of fused-ring (bicyclic) bond motifs is 3. The normalized spacial score (nSPS) is 22.6. The SMILES string of the molecule is Cc1nccc(N2CC3(C2)OC(=O)N2CCN(Cc4cc5ccccc5n4C)CC23)n1. The highest BCUT2D eigenvalue weighted by molar-refractivity contribution is 5.81. The van der Waals surface area contributed by atoms with Crippen molar-refractivity contribution in [2.24, 2.45) is 7.05 Å². The summed E-state index contributed by atoms with van der Waals surface area (Å²) in [5.74, 6) is 1.65. The molecule has 8 nitrogen and oxygen atoms in total. The second-order valence-corrected chi connectivity index (χ2v) is 8.95. The van der Waals surface area contributed by atoms with Crippen LogP contribution in [0.3, 0.4) is 0 Å². The minimum atomic E-state index is -0.451. The van der Waals surface area contributed by atoms with E-state index in [4.69, 9.17) is 4.74 Å². The largest absolute Gasteiger partial charge is 0.437 e. The molecule has 1 spiro atoms. The van der Waals surface area contributed by atoms with Gasteiger partial charge in [0, 0.05) is 50.6 Å². The first kappa shape index (κ1) is 18.6. The molecule has 0 bridgehead atoms. The van der Waals surface area contributed by atoms with Crippen LogP contribution in [0.25, 0.3) is 10.9 Å². The van der Waals surface area contributed by atoms with Crippen molar-refractivity contribution in [2.45, 2.75) is 25.1 Å². The molecule has 0 saturated carbocycles. The van der Waals surface area contributed by atoms with Gasteiger partial charge in [-0.25, -0.2) is 14.8 Å². The topological polar surface area (TPSA) is 66.7 Å². The summed E-state index contributed by atoms with van der Waals surface area (Å²) in [6.45, 7) is 6.51. The molecule has 8 heteroatoms. The third kappa shape index (κ3) is 2.89. The molecule has 3 saturated heterocycles. The molecule has 0 radical (unpaired) electrons. The number of carbonyl (C=O) groups excluding carboxylic acids is 1. The molecule has 6 rings (SSSR count). The molecule has 31 heavy (non-hydrogen) atoms. The fourth-order valence-corrected chi connectivity index (χ4v) is 5.34. The standard InChI is InChI=1S/C23H26N6O2/c1-16-24-8-7-21(25-16)28-14-23(15-28)20-13-27(9-10-29(20)22(30)31-23)12-18-11-17-5-3-4-6-19(17)26(18)2/h3-8,11,20H,9-10,12-15H2,1-2H3. The summed E-state index contributed by atoms with van der Waals surface area (Å²) in [5, 5.41) is 1.27. The number of nitrogens with zero attached hydrogens (tertiary/aromatic N) is 6.